The van der Waals surface area contributed by atoms with E-state index in [9.17, 15) is 19.8 Å². The molecule has 20 heavy (non-hydrogen) atoms. The number of ketones is 1. The molecule has 1 aliphatic heterocycles. The Balaban J connectivity index is 2.16. The van der Waals surface area contributed by atoms with Crippen molar-refractivity contribution in [2.75, 3.05) is 11.9 Å². The number of nitrogens with zero attached hydrogens (tertiary/aromatic N) is 3. The number of hydrogen-bond acceptors (Lipinski definition) is 5. The van der Waals surface area contributed by atoms with Crippen LogP contribution in [-0.4, -0.2) is 34.6 Å². The minimum absolute atomic E-state index is 0.0542. The Labute approximate surface area is 113 Å². The number of carbonyl (C=O) groups is 2. The van der Waals surface area contributed by atoms with E-state index in [-0.39, 0.29) is 18.5 Å². The maximum atomic E-state index is 11.5. The molecule has 104 valence electrons. The Kier molecular flexibility index (Phi) is 3.99. The summed E-state index contributed by atoms with van der Waals surface area (Å²) in [5, 5.41) is 25.4. The molecule has 2 atom stereocenters. The highest BCUT2D eigenvalue weighted by molar-refractivity contribution is 6.51. The van der Waals surface area contributed by atoms with E-state index in [1.54, 1.807) is 0 Å². The van der Waals surface area contributed by atoms with Gasteiger partial charge in [0.05, 0.1) is 17.4 Å². The van der Waals surface area contributed by atoms with Crippen molar-refractivity contribution >= 4 is 17.4 Å². The van der Waals surface area contributed by atoms with Crippen LogP contribution in [-0.2, 0) is 4.79 Å². The van der Waals surface area contributed by atoms with Crippen LogP contribution < -0.4 is 5.32 Å². The Morgan fingerprint density at radius 1 is 1.35 bits per heavy atom. The van der Waals surface area contributed by atoms with Gasteiger partial charge in [0.2, 0.25) is 0 Å². The van der Waals surface area contributed by atoms with Gasteiger partial charge in [-0.15, -0.1) is 0 Å². The van der Waals surface area contributed by atoms with Crippen molar-refractivity contribution in [2.24, 2.45) is 5.11 Å². The summed E-state index contributed by atoms with van der Waals surface area (Å²) in [4.78, 5) is 25.3. The third kappa shape index (κ3) is 2.62. The lowest BCUT2D eigenvalue weighted by molar-refractivity contribution is -0.112. The summed E-state index contributed by atoms with van der Waals surface area (Å²) >= 11 is 0. The van der Waals surface area contributed by atoms with Crippen LogP contribution in [0.2, 0.25) is 0 Å². The van der Waals surface area contributed by atoms with Crippen molar-refractivity contribution in [3.8, 4) is 0 Å². The number of amides is 1. The normalized spacial score (nSPS) is 16.1. The van der Waals surface area contributed by atoms with E-state index in [4.69, 9.17) is 5.53 Å². The Bertz CT molecular complexity index is 609. The van der Waals surface area contributed by atoms with Crippen LogP contribution in [0.4, 0.5) is 5.69 Å². The molecular formula is C12H12N4O4. The fraction of sp³-hybridized carbons (Fsp3) is 0.333. The topological polar surface area (TPSA) is 135 Å². The van der Waals surface area contributed by atoms with E-state index in [0.29, 0.717) is 11.3 Å². The number of aliphatic hydroxyl groups excluding tert-OH is 2. The van der Waals surface area contributed by atoms with Gasteiger partial charge < -0.3 is 15.5 Å². The minimum atomic E-state index is -1.22. The molecule has 0 aliphatic carbocycles. The number of Topliss-reactive ketones (excluding diaryl/α,β-unsaturated/α-hetero) is 1. The average molecular weight is 276 g/mol. The third-order valence-electron chi connectivity index (χ3n) is 3.04. The minimum Gasteiger partial charge on any atom is -0.390 e. The fourth-order valence-electron chi connectivity index (χ4n) is 1.96. The predicted molar refractivity (Wildman–Crippen MR) is 69.0 cm³/mol. The summed E-state index contributed by atoms with van der Waals surface area (Å²) in [7, 11) is 0. The molecule has 1 amide bonds. The second kappa shape index (κ2) is 5.70. The first kappa shape index (κ1) is 14.0. The number of rotatable bonds is 5. The van der Waals surface area contributed by atoms with Crippen LogP contribution in [0.1, 0.15) is 28.4 Å². The van der Waals surface area contributed by atoms with Crippen molar-refractivity contribution < 1.29 is 19.8 Å². The van der Waals surface area contributed by atoms with Gasteiger partial charge in [-0.25, -0.2) is 0 Å². The van der Waals surface area contributed by atoms with E-state index in [0.717, 1.165) is 0 Å². The van der Waals surface area contributed by atoms with Crippen molar-refractivity contribution in [2.45, 2.75) is 18.6 Å². The number of nitrogens with one attached hydrogen (secondary N) is 1. The van der Waals surface area contributed by atoms with Crippen LogP contribution in [0.25, 0.3) is 10.4 Å². The SMILES string of the molecule is [N-]=[N+]=NCCC(O)C(O)c1ccc2c(c1)C(=O)C(=O)N2. The van der Waals surface area contributed by atoms with Crippen molar-refractivity contribution in [1.82, 2.24) is 0 Å². The smallest absolute Gasteiger partial charge is 0.296 e. The highest BCUT2D eigenvalue weighted by Crippen LogP contribution is 2.28. The number of azide groups is 1. The number of fused-ring (bicyclic) bond motifs is 1. The largest absolute Gasteiger partial charge is 0.390 e. The molecule has 2 unspecified atom stereocenters. The molecule has 0 aromatic heterocycles. The molecule has 2 rings (SSSR count). The molecule has 1 aromatic rings. The summed E-state index contributed by atoms with van der Waals surface area (Å²) in [6, 6.07) is 4.38. The zero-order valence-electron chi connectivity index (χ0n) is 10.4. The van der Waals surface area contributed by atoms with Gasteiger partial charge in [-0.05, 0) is 29.6 Å². The highest BCUT2D eigenvalue weighted by atomic mass is 16.3. The van der Waals surface area contributed by atoms with E-state index in [1.165, 1.54) is 18.2 Å². The van der Waals surface area contributed by atoms with Gasteiger partial charge >= 0.3 is 0 Å². The zero-order chi connectivity index (χ0) is 14.7. The van der Waals surface area contributed by atoms with Gasteiger partial charge in [-0.1, -0.05) is 11.2 Å². The monoisotopic (exact) mass is 276 g/mol. The summed E-state index contributed by atoms with van der Waals surface area (Å²) in [6.45, 7) is 0.0542. The second-order valence-corrected chi connectivity index (χ2v) is 4.34. The fourth-order valence-corrected chi connectivity index (χ4v) is 1.96. The van der Waals surface area contributed by atoms with Crippen LogP contribution >= 0.6 is 0 Å². The van der Waals surface area contributed by atoms with Gasteiger partial charge in [0.15, 0.2) is 0 Å². The lowest BCUT2D eigenvalue weighted by atomic mass is 9.99. The predicted octanol–water partition coefficient (Wildman–Crippen LogP) is 0.916. The molecular weight excluding hydrogens is 264 g/mol. The van der Waals surface area contributed by atoms with Gasteiger partial charge in [-0.3, -0.25) is 9.59 Å². The molecule has 0 saturated heterocycles. The second-order valence-electron chi connectivity index (χ2n) is 4.34. The van der Waals surface area contributed by atoms with E-state index < -0.39 is 23.9 Å². The average Bonchev–Trinajstić information content (AvgIpc) is 2.73. The lowest BCUT2D eigenvalue weighted by Crippen LogP contribution is -2.19. The molecule has 0 saturated carbocycles. The summed E-state index contributed by atoms with van der Waals surface area (Å²) in [6.07, 6.45) is -2.26. The quantitative estimate of drug-likeness (QED) is 0.319. The maximum absolute atomic E-state index is 11.5. The summed E-state index contributed by atoms with van der Waals surface area (Å²) < 4.78 is 0. The molecule has 1 heterocycles. The number of carbonyl (C=O) groups excluding carboxylic acids is 2. The maximum Gasteiger partial charge on any atom is 0.296 e. The lowest BCUT2D eigenvalue weighted by Gasteiger charge is -2.17. The Morgan fingerprint density at radius 3 is 2.80 bits per heavy atom. The number of benzene rings is 1. The first-order valence-electron chi connectivity index (χ1n) is 5.91. The molecule has 8 heteroatoms. The van der Waals surface area contributed by atoms with E-state index in [1.807, 2.05) is 0 Å². The number of aliphatic hydroxyl groups is 2. The molecule has 1 aromatic carbocycles. The number of anilines is 1. The Morgan fingerprint density at radius 2 is 2.10 bits per heavy atom. The third-order valence-corrected chi connectivity index (χ3v) is 3.04. The molecule has 0 bridgehead atoms. The first-order chi connectivity index (χ1) is 9.54. The standard InChI is InChI=1S/C12H12N4O4/c13-16-14-4-3-9(17)10(18)6-1-2-8-7(5-6)11(19)12(20)15-8/h1-2,5,9-10,17-18H,3-4H2,(H,15,19,20). The van der Waals surface area contributed by atoms with Gasteiger partial charge in [0.25, 0.3) is 11.7 Å². The van der Waals surface area contributed by atoms with E-state index >= 15 is 0 Å². The van der Waals surface area contributed by atoms with Gasteiger partial charge in [0.1, 0.15) is 6.10 Å². The highest BCUT2D eigenvalue weighted by Gasteiger charge is 2.29. The van der Waals surface area contributed by atoms with Gasteiger partial charge in [-0.2, -0.15) is 0 Å². The molecule has 1 aliphatic rings. The van der Waals surface area contributed by atoms with Crippen molar-refractivity contribution in [3.05, 3.63) is 39.8 Å². The van der Waals surface area contributed by atoms with Crippen LogP contribution in [0.3, 0.4) is 0 Å². The van der Waals surface area contributed by atoms with Crippen LogP contribution in [0, 0.1) is 0 Å². The molecule has 0 fully saturated rings. The number of hydrogen-bond donors (Lipinski definition) is 3. The first-order valence-corrected chi connectivity index (χ1v) is 5.91. The van der Waals surface area contributed by atoms with Crippen LogP contribution in [0.5, 0.6) is 0 Å². The molecule has 0 radical (unpaired) electrons. The molecule has 0 spiro atoms. The van der Waals surface area contributed by atoms with Crippen LogP contribution in [0.15, 0.2) is 23.3 Å². The van der Waals surface area contributed by atoms with Gasteiger partial charge in [0, 0.05) is 11.5 Å². The zero-order valence-corrected chi connectivity index (χ0v) is 10.4. The van der Waals surface area contributed by atoms with Crippen molar-refractivity contribution in [3.63, 3.8) is 0 Å². The summed E-state index contributed by atoms with van der Waals surface area (Å²) in [5.74, 6) is -1.38. The Hall–Kier alpha value is -2.41. The van der Waals surface area contributed by atoms with Crippen molar-refractivity contribution in [1.29, 1.82) is 0 Å². The molecule has 3 N–H and O–H groups in total. The van der Waals surface area contributed by atoms with E-state index in [2.05, 4.69) is 15.3 Å². The molecule has 8 nitrogen and oxygen atoms in total. The summed E-state index contributed by atoms with van der Waals surface area (Å²) in [5.41, 5.74) is 9.02.